The number of nitrogen functional groups attached to an aromatic ring is 1. The van der Waals surface area contributed by atoms with Gasteiger partial charge in [0.1, 0.15) is 0 Å². The smallest absolute Gasteiger partial charge is 0.227 e. The van der Waals surface area contributed by atoms with Crippen LogP contribution in [0, 0.1) is 13.8 Å². The van der Waals surface area contributed by atoms with Gasteiger partial charge in [-0.2, -0.15) is 0 Å². The Morgan fingerprint density at radius 2 is 1.67 bits per heavy atom. The Bertz CT molecular complexity index is 716. The molecule has 0 bridgehead atoms. The number of anilines is 2. The van der Waals surface area contributed by atoms with Crippen molar-refractivity contribution in [2.24, 2.45) is 0 Å². The Labute approximate surface area is 143 Å². The lowest BCUT2D eigenvalue weighted by Crippen LogP contribution is -2.49. The van der Waals surface area contributed by atoms with E-state index < -0.39 is 0 Å². The van der Waals surface area contributed by atoms with E-state index in [2.05, 4.69) is 36.9 Å². The fourth-order valence-electron chi connectivity index (χ4n) is 3.20. The molecule has 2 aromatic rings. The molecular weight excluding hydrogens is 298 g/mol. The number of piperazine rings is 1. The monoisotopic (exact) mass is 323 g/mol. The molecule has 2 N–H and O–H groups in total. The number of benzene rings is 2. The third-order valence-electron chi connectivity index (χ3n) is 4.88. The average molecular weight is 323 g/mol. The third kappa shape index (κ3) is 3.53. The zero-order valence-electron chi connectivity index (χ0n) is 14.5. The first-order chi connectivity index (χ1) is 11.5. The van der Waals surface area contributed by atoms with Gasteiger partial charge in [0.2, 0.25) is 5.91 Å². The van der Waals surface area contributed by atoms with Crippen LogP contribution in [0.2, 0.25) is 0 Å². The van der Waals surface area contributed by atoms with Crippen molar-refractivity contribution in [2.75, 3.05) is 36.8 Å². The van der Waals surface area contributed by atoms with Gasteiger partial charge < -0.3 is 15.5 Å². The molecular formula is C20H25N3O. The first-order valence-corrected chi connectivity index (χ1v) is 8.48. The second kappa shape index (κ2) is 6.95. The predicted octanol–water partition coefficient (Wildman–Crippen LogP) is 2.78. The van der Waals surface area contributed by atoms with Crippen molar-refractivity contribution in [2.45, 2.75) is 20.3 Å². The lowest BCUT2D eigenvalue weighted by atomic mass is 10.1. The third-order valence-corrected chi connectivity index (χ3v) is 4.88. The molecule has 0 saturated carbocycles. The van der Waals surface area contributed by atoms with Crippen LogP contribution < -0.4 is 10.6 Å². The molecule has 0 radical (unpaired) electrons. The van der Waals surface area contributed by atoms with Crippen molar-refractivity contribution in [3.63, 3.8) is 0 Å². The van der Waals surface area contributed by atoms with Crippen molar-refractivity contribution in [1.29, 1.82) is 0 Å². The van der Waals surface area contributed by atoms with Crippen molar-refractivity contribution in [1.82, 2.24) is 4.90 Å². The number of nitrogens with zero attached hydrogens (tertiary/aromatic N) is 2. The van der Waals surface area contributed by atoms with E-state index in [1.807, 2.05) is 29.2 Å². The SMILES string of the molecule is Cc1cccc(N2CCN(C(=O)Cc3ccc(N)cc3)CC2)c1C. The first kappa shape index (κ1) is 16.4. The lowest BCUT2D eigenvalue weighted by molar-refractivity contribution is -0.130. The summed E-state index contributed by atoms with van der Waals surface area (Å²) in [6.45, 7) is 7.65. The summed E-state index contributed by atoms with van der Waals surface area (Å²) in [5.74, 6) is 0.195. The number of aryl methyl sites for hydroxylation is 1. The normalized spacial score (nSPS) is 14.8. The van der Waals surface area contributed by atoms with Crippen molar-refractivity contribution in [3.05, 3.63) is 59.2 Å². The minimum Gasteiger partial charge on any atom is -0.399 e. The van der Waals surface area contributed by atoms with E-state index in [1.54, 1.807) is 0 Å². The van der Waals surface area contributed by atoms with Crippen LogP contribution in [0.25, 0.3) is 0 Å². The fraction of sp³-hybridized carbons (Fsp3) is 0.350. The van der Waals surface area contributed by atoms with Gasteiger partial charge in [0.25, 0.3) is 0 Å². The molecule has 1 heterocycles. The summed E-state index contributed by atoms with van der Waals surface area (Å²) in [4.78, 5) is 16.8. The zero-order valence-corrected chi connectivity index (χ0v) is 14.5. The van der Waals surface area contributed by atoms with Gasteiger partial charge >= 0.3 is 0 Å². The highest BCUT2D eigenvalue weighted by atomic mass is 16.2. The van der Waals surface area contributed by atoms with Crippen molar-refractivity contribution >= 4 is 17.3 Å². The van der Waals surface area contributed by atoms with Crippen LogP contribution in [0.5, 0.6) is 0 Å². The Hall–Kier alpha value is -2.49. The number of carbonyl (C=O) groups is 1. The number of rotatable bonds is 3. The summed E-state index contributed by atoms with van der Waals surface area (Å²) in [5, 5.41) is 0. The molecule has 0 aromatic heterocycles. The molecule has 24 heavy (non-hydrogen) atoms. The topological polar surface area (TPSA) is 49.6 Å². The minimum atomic E-state index is 0.195. The van der Waals surface area contributed by atoms with E-state index in [0.29, 0.717) is 6.42 Å². The van der Waals surface area contributed by atoms with Gasteiger partial charge in [-0.1, -0.05) is 24.3 Å². The van der Waals surface area contributed by atoms with E-state index in [0.717, 1.165) is 37.4 Å². The largest absolute Gasteiger partial charge is 0.399 e. The highest BCUT2D eigenvalue weighted by Gasteiger charge is 2.22. The van der Waals surface area contributed by atoms with Gasteiger partial charge in [-0.25, -0.2) is 0 Å². The summed E-state index contributed by atoms with van der Waals surface area (Å²) in [5.41, 5.74) is 11.4. The molecule has 0 unspecified atom stereocenters. The molecule has 0 atom stereocenters. The average Bonchev–Trinajstić information content (AvgIpc) is 2.59. The molecule has 1 amide bonds. The molecule has 1 aliphatic heterocycles. The number of nitrogens with two attached hydrogens (primary N) is 1. The fourth-order valence-corrected chi connectivity index (χ4v) is 3.20. The van der Waals surface area contributed by atoms with Crippen LogP contribution in [0.1, 0.15) is 16.7 Å². The summed E-state index contributed by atoms with van der Waals surface area (Å²) in [6.07, 6.45) is 0.448. The van der Waals surface area contributed by atoms with E-state index in [4.69, 9.17) is 5.73 Å². The maximum Gasteiger partial charge on any atom is 0.227 e. The predicted molar refractivity (Wildman–Crippen MR) is 99.3 cm³/mol. The Balaban J connectivity index is 1.59. The van der Waals surface area contributed by atoms with Crippen LogP contribution in [0.4, 0.5) is 11.4 Å². The maximum atomic E-state index is 12.5. The van der Waals surface area contributed by atoms with E-state index in [9.17, 15) is 4.79 Å². The van der Waals surface area contributed by atoms with Gasteiger partial charge in [-0.3, -0.25) is 4.79 Å². The van der Waals surface area contributed by atoms with E-state index in [1.165, 1.54) is 16.8 Å². The van der Waals surface area contributed by atoms with Gasteiger partial charge in [0.15, 0.2) is 0 Å². The summed E-state index contributed by atoms with van der Waals surface area (Å²) >= 11 is 0. The molecule has 0 spiro atoms. The van der Waals surface area contributed by atoms with Crippen LogP contribution in [-0.2, 0) is 11.2 Å². The van der Waals surface area contributed by atoms with Crippen LogP contribution in [0.3, 0.4) is 0 Å². The number of carbonyl (C=O) groups excluding carboxylic acids is 1. The summed E-state index contributed by atoms with van der Waals surface area (Å²) < 4.78 is 0. The minimum absolute atomic E-state index is 0.195. The molecule has 126 valence electrons. The molecule has 1 fully saturated rings. The molecule has 2 aromatic carbocycles. The lowest BCUT2D eigenvalue weighted by Gasteiger charge is -2.37. The molecule has 0 aliphatic carbocycles. The second-order valence-electron chi connectivity index (χ2n) is 6.51. The quantitative estimate of drug-likeness (QED) is 0.884. The zero-order chi connectivity index (χ0) is 17.1. The molecule has 3 rings (SSSR count). The summed E-state index contributed by atoms with van der Waals surface area (Å²) in [7, 11) is 0. The molecule has 1 saturated heterocycles. The Morgan fingerprint density at radius 3 is 2.33 bits per heavy atom. The van der Waals surface area contributed by atoms with E-state index >= 15 is 0 Å². The van der Waals surface area contributed by atoms with Gasteiger partial charge in [-0.15, -0.1) is 0 Å². The summed E-state index contributed by atoms with van der Waals surface area (Å²) in [6, 6.07) is 14.0. The Kier molecular flexibility index (Phi) is 4.74. The van der Waals surface area contributed by atoms with E-state index in [-0.39, 0.29) is 5.91 Å². The maximum absolute atomic E-state index is 12.5. The second-order valence-corrected chi connectivity index (χ2v) is 6.51. The van der Waals surface area contributed by atoms with Gasteiger partial charge in [0, 0.05) is 37.6 Å². The van der Waals surface area contributed by atoms with Crippen LogP contribution in [0.15, 0.2) is 42.5 Å². The highest BCUT2D eigenvalue weighted by molar-refractivity contribution is 5.79. The number of hydrogen-bond acceptors (Lipinski definition) is 3. The molecule has 4 nitrogen and oxygen atoms in total. The molecule has 1 aliphatic rings. The standard InChI is InChI=1S/C20H25N3O/c1-15-4-3-5-19(16(15)2)22-10-12-23(13-11-22)20(24)14-17-6-8-18(21)9-7-17/h3-9H,10-14,21H2,1-2H3. The van der Waals surface area contributed by atoms with Crippen molar-refractivity contribution in [3.8, 4) is 0 Å². The Morgan fingerprint density at radius 1 is 1.00 bits per heavy atom. The van der Waals surface area contributed by atoms with Gasteiger partial charge in [-0.05, 0) is 48.7 Å². The highest BCUT2D eigenvalue weighted by Crippen LogP contribution is 2.24. The number of hydrogen-bond donors (Lipinski definition) is 1. The van der Waals surface area contributed by atoms with Crippen molar-refractivity contribution < 1.29 is 4.79 Å². The molecule has 4 heteroatoms. The van der Waals surface area contributed by atoms with Crippen LogP contribution >= 0.6 is 0 Å². The first-order valence-electron chi connectivity index (χ1n) is 8.48. The number of amides is 1. The van der Waals surface area contributed by atoms with Crippen LogP contribution in [-0.4, -0.2) is 37.0 Å². The van der Waals surface area contributed by atoms with Gasteiger partial charge in [0.05, 0.1) is 6.42 Å².